The molecule has 8 atom stereocenters. The van der Waals surface area contributed by atoms with Gasteiger partial charge in [-0.2, -0.15) is 0 Å². The Morgan fingerprint density at radius 3 is 2.50 bits per heavy atom. The van der Waals surface area contributed by atoms with Crippen LogP contribution in [0.2, 0.25) is 0 Å². The average molecular weight is 500 g/mol. The molecule has 36 heavy (non-hydrogen) atoms. The molecular formula is C28H41N3O5. The van der Waals surface area contributed by atoms with Gasteiger partial charge in [-0.3, -0.25) is 14.4 Å². The summed E-state index contributed by atoms with van der Waals surface area (Å²) in [5.41, 5.74) is -1.00. The monoisotopic (exact) mass is 499 g/mol. The van der Waals surface area contributed by atoms with Crippen LogP contribution in [-0.2, 0) is 25.7 Å². The Hall–Kier alpha value is -2.45. The number of fused-ring (bicyclic) bond motifs is 1. The number of aliphatic hydroxyl groups excluding tert-OH is 1. The maximum absolute atomic E-state index is 14.2. The van der Waals surface area contributed by atoms with Crippen LogP contribution in [0.25, 0.3) is 0 Å². The van der Waals surface area contributed by atoms with Crippen LogP contribution in [0.3, 0.4) is 0 Å². The summed E-state index contributed by atoms with van der Waals surface area (Å²) in [6.45, 7) is 10.5. The summed E-state index contributed by atoms with van der Waals surface area (Å²) in [6.07, 6.45) is 2.03. The van der Waals surface area contributed by atoms with E-state index in [1.165, 1.54) is 0 Å². The Bertz CT molecular complexity index is 987. The molecule has 3 amide bonds. The van der Waals surface area contributed by atoms with Gasteiger partial charge in [-0.25, -0.2) is 0 Å². The SMILES string of the molecule is CCCNC(=O)[C@H]1[C@H]2C(=O)N([C@@H](CO)[C@@H](C)CC)C(C(=O)NCc3ccccc3)C23CC(C)[C@]1(C)O3. The van der Waals surface area contributed by atoms with E-state index in [1.807, 2.05) is 65.0 Å². The van der Waals surface area contributed by atoms with E-state index in [0.29, 0.717) is 19.5 Å². The zero-order valence-electron chi connectivity index (χ0n) is 22.1. The van der Waals surface area contributed by atoms with Gasteiger partial charge in [-0.15, -0.1) is 0 Å². The first-order chi connectivity index (χ1) is 17.2. The van der Waals surface area contributed by atoms with Crippen molar-refractivity contribution < 1.29 is 24.2 Å². The third-order valence-corrected chi connectivity index (χ3v) is 8.99. The van der Waals surface area contributed by atoms with Crippen molar-refractivity contribution in [2.24, 2.45) is 23.7 Å². The maximum atomic E-state index is 14.2. The lowest BCUT2D eigenvalue weighted by Crippen LogP contribution is -2.59. The summed E-state index contributed by atoms with van der Waals surface area (Å²) in [7, 11) is 0. The van der Waals surface area contributed by atoms with E-state index >= 15 is 0 Å². The van der Waals surface area contributed by atoms with Crippen LogP contribution >= 0.6 is 0 Å². The van der Waals surface area contributed by atoms with Gasteiger partial charge in [0.15, 0.2) is 0 Å². The van der Waals surface area contributed by atoms with E-state index in [9.17, 15) is 19.5 Å². The molecule has 3 saturated heterocycles. The van der Waals surface area contributed by atoms with E-state index in [1.54, 1.807) is 4.90 Å². The average Bonchev–Trinajstić information content (AvgIpc) is 3.39. The molecule has 1 aromatic carbocycles. The third kappa shape index (κ3) is 4.02. The van der Waals surface area contributed by atoms with Gasteiger partial charge < -0.3 is 25.4 Å². The highest BCUT2D eigenvalue weighted by Crippen LogP contribution is 2.65. The van der Waals surface area contributed by atoms with E-state index < -0.39 is 35.1 Å². The fourth-order valence-corrected chi connectivity index (χ4v) is 6.79. The lowest BCUT2D eigenvalue weighted by molar-refractivity contribution is -0.152. The molecule has 3 aliphatic rings. The van der Waals surface area contributed by atoms with Gasteiger partial charge in [0.25, 0.3) is 0 Å². The third-order valence-electron chi connectivity index (χ3n) is 8.99. The molecule has 8 heteroatoms. The number of likely N-dealkylation sites (tertiary alicyclic amines) is 1. The first-order valence-corrected chi connectivity index (χ1v) is 13.4. The number of rotatable bonds is 10. The highest BCUT2D eigenvalue weighted by atomic mass is 16.5. The number of hydrogen-bond acceptors (Lipinski definition) is 5. The minimum Gasteiger partial charge on any atom is -0.394 e. The summed E-state index contributed by atoms with van der Waals surface area (Å²) >= 11 is 0. The Morgan fingerprint density at radius 2 is 1.89 bits per heavy atom. The van der Waals surface area contributed by atoms with Crippen molar-refractivity contribution >= 4 is 17.7 Å². The van der Waals surface area contributed by atoms with Gasteiger partial charge in [0.05, 0.1) is 30.1 Å². The molecule has 2 bridgehead atoms. The molecule has 1 aromatic rings. The lowest BCUT2D eigenvalue weighted by atomic mass is 9.62. The number of nitrogens with one attached hydrogen (secondary N) is 2. The van der Waals surface area contributed by atoms with Gasteiger partial charge in [0, 0.05) is 13.1 Å². The molecule has 1 spiro atoms. The molecule has 3 N–H and O–H groups in total. The van der Waals surface area contributed by atoms with Crippen LogP contribution in [0.4, 0.5) is 0 Å². The number of benzene rings is 1. The highest BCUT2D eigenvalue weighted by Gasteiger charge is 2.80. The van der Waals surface area contributed by atoms with Gasteiger partial charge in [0.1, 0.15) is 11.6 Å². The number of carbonyl (C=O) groups is 3. The molecule has 0 radical (unpaired) electrons. The zero-order valence-corrected chi connectivity index (χ0v) is 22.1. The Labute approximate surface area is 214 Å². The van der Waals surface area contributed by atoms with Crippen molar-refractivity contribution in [2.45, 2.75) is 83.7 Å². The van der Waals surface area contributed by atoms with Crippen LogP contribution in [0.15, 0.2) is 30.3 Å². The molecule has 0 saturated carbocycles. The summed E-state index contributed by atoms with van der Waals surface area (Å²) in [6, 6.07) is 8.15. The summed E-state index contributed by atoms with van der Waals surface area (Å²) < 4.78 is 6.73. The van der Waals surface area contributed by atoms with Crippen LogP contribution in [0.5, 0.6) is 0 Å². The summed E-state index contributed by atoms with van der Waals surface area (Å²) in [5.74, 6) is -2.26. The fraction of sp³-hybridized carbons (Fsp3) is 0.679. The highest BCUT2D eigenvalue weighted by molar-refractivity contribution is 5.99. The number of ether oxygens (including phenoxy) is 1. The van der Waals surface area contributed by atoms with Crippen molar-refractivity contribution in [3.63, 3.8) is 0 Å². The number of aliphatic hydroxyl groups is 1. The van der Waals surface area contributed by atoms with Crippen molar-refractivity contribution in [2.75, 3.05) is 13.2 Å². The van der Waals surface area contributed by atoms with E-state index in [0.717, 1.165) is 18.4 Å². The predicted molar refractivity (Wildman–Crippen MR) is 136 cm³/mol. The molecular weight excluding hydrogens is 458 g/mol. The lowest BCUT2D eigenvalue weighted by Gasteiger charge is -2.39. The first-order valence-electron chi connectivity index (χ1n) is 13.4. The van der Waals surface area contributed by atoms with E-state index in [2.05, 4.69) is 10.6 Å². The van der Waals surface area contributed by atoms with Gasteiger partial charge in [-0.05, 0) is 37.2 Å². The summed E-state index contributed by atoms with van der Waals surface area (Å²) in [5, 5.41) is 16.4. The molecule has 4 rings (SSSR count). The molecule has 3 fully saturated rings. The van der Waals surface area contributed by atoms with E-state index in [-0.39, 0.29) is 36.2 Å². The second kappa shape index (κ2) is 10.1. The Morgan fingerprint density at radius 1 is 1.19 bits per heavy atom. The standard InChI is InChI=1S/C28H41N3O5/c1-6-13-29-24(33)21-22-26(35)31(20(16-32)17(3)7-2)23(28(22)14-18(4)27(21,5)36-28)25(34)30-15-19-11-9-8-10-12-19/h8-12,17-18,20-23,32H,6-7,13-16H2,1-5H3,(H,29,33)(H,30,34)/t17-,18?,20-,21+,22-,23?,27-,28?/m0/s1. The number of carbonyl (C=O) groups excluding carboxylic acids is 3. The van der Waals surface area contributed by atoms with Crippen molar-refractivity contribution in [3.8, 4) is 0 Å². The maximum Gasteiger partial charge on any atom is 0.246 e. The van der Waals surface area contributed by atoms with Gasteiger partial charge in [-0.1, -0.05) is 64.4 Å². The molecule has 8 nitrogen and oxygen atoms in total. The molecule has 0 aromatic heterocycles. The smallest absolute Gasteiger partial charge is 0.246 e. The largest absolute Gasteiger partial charge is 0.394 e. The zero-order chi connectivity index (χ0) is 26.3. The van der Waals surface area contributed by atoms with E-state index in [4.69, 9.17) is 4.74 Å². The second-order valence-electron chi connectivity index (χ2n) is 11.1. The van der Waals surface area contributed by atoms with Crippen molar-refractivity contribution in [3.05, 3.63) is 35.9 Å². The molecule has 3 unspecified atom stereocenters. The minimum absolute atomic E-state index is 0.0144. The topological polar surface area (TPSA) is 108 Å². The van der Waals surface area contributed by atoms with Crippen LogP contribution in [-0.4, -0.2) is 64.2 Å². The molecule has 3 heterocycles. The normalized spacial score (nSPS) is 34.4. The Balaban J connectivity index is 1.75. The van der Waals surface area contributed by atoms with Gasteiger partial charge >= 0.3 is 0 Å². The fourth-order valence-electron chi connectivity index (χ4n) is 6.79. The summed E-state index contributed by atoms with van der Waals surface area (Å²) in [4.78, 5) is 43.1. The van der Waals surface area contributed by atoms with Crippen LogP contribution in [0.1, 0.15) is 59.4 Å². The molecule has 0 aliphatic carbocycles. The second-order valence-corrected chi connectivity index (χ2v) is 11.1. The number of hydrogen-bond donors (Lipinski definition) is 3. The van der Waals surface area contributed by atoms with Crippen LogP contribution in [0, 0.1) is 23.7 Å². The first kappa shape index (κ1) is 26.6. The quantitative estimate of drug-likeness (QED) is 0.458. The van der Waals surface area contributed by atoms with Gasteiger partial charge in [0.2, 0.25) is 17.7 Å². The predicted octanol–water partition coefficient (Wildman–Crippen LogP) is 2.25. The Kier molecular flexibility index (Phi) is 7.49. The number of nitrogens with zero attached hydrogens (tertiary/aromatic N) is 1. The van der Waals surface area contributed by atoms with Crippen molar-refractivity contribution in [1.82, 2.24) is 15.5 Å². The molecule has 198 valence electrons. The minimum atomic E-state index is -1.11. The van der Waals surface area contributed by atoms with Crippen LogP contribution < -0.4 is 10.6 Å². The molecule has 3 aliphatic heterocycles. The van der Waals surface area contributed by atoms with Crippen molar-refractivity contribution in [1.29, 1.82) is 0 Å². The number of amides is 3.